The molecule has 20 heavy (non-hydrogen) atoms. The maximum absolute atomic E-state index is 11.7. The van der Waals surface area contributed by atoms with Gasteiger partial charge in [-0.2, -0.15) is 0 Å². The van der Waals surface area contributed by atoms with Crippen LogP contribution in [-0.4, -0.2) is 18.1 Å². The Balaban J connectivity index is 2.29. The number of rotatable bonds is 5. The highest BCUT2D eigenvalue weighted by atomic mass is 16.3. The first kappa shape index (κ1) is 14.3. The van der Waals surface area contributed by atoms with Gasteiger partial charge >= 0.3 is 0 Å². The van der Waals surface area contributed by atoms with Gasteiger partial charge in [0.25, 0.3) is 0 Å². The van der Waals surface area contributed by atoms with Crippen molar-refractivity contribution in [3.63, 3.8) is 0 Å². The lowest BCUT2D eigenvalue weighted by Crippen LogP contribution is -2.23. The van der Waals surface area contributed by atoms with Crippen LogP contribution < -0.4 is 5.32 Å². The number of carbonyl (C=O) groups is 1. The number of hydrogen-bond acceptors (Lipinski definition) is 2. The Morgan fingerprint density at radius 3 is 2.00 bits per heavy atom. The standard InChI is InChI=1S/C17H19NO2/c1-18-16(19)12-15(13-8-4-2-5-9-13)17(20)14-10-6-3-7-11-14/h2-11,15,17,20H,12H2,1H3,(H,18,19). The highest BCUT2D eigenvalue weighted by Gasteiger charge is 2.24. The fraction of sp³-hybridized carbons (Fsp3) is 0.235. The number of benzene rings is 2. The Bertz CT molecular complexity index is 539. The number of nitrogens with one attached hydrogen (secondary N) is 1. The first-order chi connectivity index (χ1) is 9.72. The van der Waals surface area contributed by atoms with Crippen LogP contribution in [0.1, 0.15) is 29.6 Å². The maximum atomic E-state index is 11.7. The molecular formula is C17H19NO2. The Morgan fingerprint density at radius 1 is 1.00 bits per heavy atom. The van der Waals surface area contributed by atoms with Crippen molar-refractivity contribution in [3.05, 3.63) is 71.8 Å². The molecule has 2 unspecified atom stereocenters. The van der Waals surface area contributed by atoms with Gasteiger partial charge in [0.1, 0.15) is 0 Å². The largest absolute Gasteiger partial charge is 0.388 e. The van der Waals surface area contributed by atoms with E-state index < -0.39 is 6.10 Å². The SMILES string of the molecule is CNC(=O)CC(c1ccccc1)C(O)c1ccccc1. The molecule has 0 aromatic heterocycles. The molecule has 2 rings (SSSR count). The molecule has 0 saturated heterocycles. The molecule has 2 atom stereocenters. The summed E-state index contributed by atoms with van der Waals surface area (Å²) in [6.07, 6.45) is -0.438. The average Bonchev–Trinajstić information content (AvgIpc) is 2.53. The molecule has 0 fully saturated rings. The lowest BCUT2D eigenvalue weighted by atomic mass is 9.86. The van der Waals surface area contributed by atoms with Gasteiger partial charge in [0, 0.05) is 19.4 Å². The van der Waals surface area contributed by atoms with E-state index in [1.54, 1.807) is 7.05 Å². The zero-order chi connectivity index (χ0) is 14.4. The van der Waals surface area contributed by atoms with Crippen molar-refractivity contribution in [2.75, 3.05) is 7.05 Å². The molecule has 104 valence electrons. The zero-order valence-electron chi connectivity index (χ0n) is 11.5. The van der Waals surface area contributed by atoms with E-state index >= 15 is 0 Å². The second kappa shape index (κ2) is 6.87. The molecule has 0 aliphatic heterocycles. The molecule has 3 heteroatoms. The van der Waals surface area contributed by atoms with Gasteiger partial charge in [0.15, 0.2) is 0 Å². The molecule has 0 aliphatic carbocycles. The second-order valence-corrected chi connectivity index (χ2v) is 4.75. The first-order valence-electron chi connectivity index (χ1n) is 6.71. The van der Waals surface area contributed by atoms with Crippen molar-refractivity contribution in [2.45, 2.75) is 18.4 Å². The maximum Gasteiger partial charge on any atom is 0.220 e. The summed E-state index contributed by atoms with van der Waals surface area (Å²) in [6.45, 7) is 0. The van der Waals surface area contributed by atoms with Gasteiger partial charge in [-0.3, -0.25) is 4.79 Å². The van der Waals surface area contributed by atoms with Crippen LogP contribution in [0.3, 0.4) is 0 Å². The topological polar surface area (TPSA) is 49.3 Å². The van der Waals surface area contributed by atoms with Crippen LogP contribution in [0.2, 0.25) is 0 Å². The van der Waals surface area contributed by atoms with Crippen molar-refractivity contribution in [3.8, 4) is 0 Å². The molecule has 2 aromatic rings. The molecule has 0 radical (unpaired) electrons. The third kappa shape index (κ3) is 3.45. The Kier molecular flexibility index (Phi) is 4.91. The molecule has 2 aromatic carbocycles. The number of amides is 1. The van der Waals surface area contributed by atoms with Crippen LogP contribution in [-0.2, 0) is 4.79 Å². The number of hydrogen-bond donors (Lipinski definition) is 2. The van der Waals surface area contributed by atoms with Gasteiger partial charge in [-0.15, -0.1) is 0 Å². The fourth-order valence-corrected chi connectivity index (χ4v) is 2.30. The minimum Gasteiger partial charge on any atom is -0.388 e. The summed E-state index contributed by atoms with van der Waals surface area (Å²) in [6, 6.07) is 19.1. The monoisotopic (exact) mass is 269 g/mol. The molecule has 0 aliphatic rings. The Hall–Kier alpha value is -2.13. The number of aliphatic hydroxyl groups is 1. The fourth-order valence-electron chi connectivity index (χ4n) is 2.30. The quantitative estimate of drug-likeness (QED) is 0.876. The predicted octanol–water partition coefficient (Wildman–Crippen LogP) is 2.64. The van der Waals surface area contributed by atoms with Gasteiger partial charge in [-0.1, -0.05) is 60.7 Å². The van der Waals surface area contributed by atoms with Crippen LogP contribution in [0.4, 0.5) is 0 Å². The first-order valence-corrected chi connectivity index (χ1v) is 6.71. The van der Waals surface area contributed by atoms with E-state index in [2.05, 4.69) is 5.32 Å². The van der Waals surface area contributed by atoms with Gasteiger partial charge in [0.05, 0.1) is 6.10 Å². The smallest absolute Gasteiger partial charge is 0.220 e. The highest BCUT2D eigenvalue weighted by molar-refractivity contribution is 5.76. The third-order valence-corrected chi connectivity index (χ3v) is 3.43. The van der Waals surface area contributed by atoms with Crippen molar-refractivity contribution < 1.29 is 9.90 Å². The van der Waals surface area contributed by atoms with Crippen molar-refractivity contribution in [1.82, 2.24) is 5.32 Å². The summed E-state index contributed by atoms with van der Waals surface area (Å²) in [5.74, 6) is -0.326. The number of aliphatic hydroxyl groups excluding tert-OH is 1. The van der Waals surface area contributed by atoms with Crippen LogP contribution >= 0.6 is 0 Å². The van der Waals surface area contributed by atoms with E-state index in [1.165, 1.54) is 0 Å². The average molecular weight is 269 g/mol. The van der Waals surface area contributed by atoms with Crippen molar-refractivity contribution in [1.29, 1.82) is 0 Å². The number of carbonyl (C=O) groups excluding carboxylic acids is 1. The van der Waals surface area contributed by atoms with Gasteiger partial charge in [-0.25, -0.2) is 0 Å². The molecule has 0 heterocycles. The van der Waals surface area contributed by atoms with Gasteiger partial charge in [-0.05, 0) is 11.1 Å². The molecule has 1 amide bonds. The molecule has 3 nitrogen and oxygen atoms in total. The second-order valence-electron chi connectivity index (χ2n) is 4.75. The summed E-state index contributed by atoms with van der Waals surface area (Å²) in [5, 5.41) is 13.2. The normalized spacial score (nSPS) is 13.5. The molecule has 0 bridgehead atoms. The van der Waals surface area contributed by atoms with E-state index in [9.17, 15) is 9.90 Å². The minimum absolute atomic E-state index is 0.0752. The Morgan fingerprint density at radius 2 is 1.50 bits per heavy atom. The highest BCUT2D eigenvalue weighted by Crippen LogP contribution is 2.33. The summed E-state index contributed by atoms with van der Waals surface area (Å²) in [7, 11) is 1.61. The summed E-state index contributed by atoms with van der Waals surface area (Å²) in [5.41, 5.74) is 1.79. The molecule has 0 saturated carbocycles. The minimum atomic E-state index is -0.698. The van der Waals surface area contributed by atoms with Crippen LogP contribution in [0.15, 0.2) is 60.7 Å². The van der Waals surface area contributed by atoms with E-state index in [4.69, 9.17) is 0 Å². The van der Waals surface area contributed by atoms with Crippen LogP contribution in [0.5, 0.6) is 0 Å². The summed E-state index contributed by atoms with van der Waals surface area (Å²) >= 11 is 0. The van der Waals surface area contributed by atoms with Crippen molar-refractivity contribution >= 4 is 5.91 Å². The Labute approximate surface area is 119 Å². The molecule has 0 spiro atoms. The third-order valence-electron chi connectivity index (χ3n) is 3.43. The van der Waals surface area contributed by atoms with Crippen molar-refractivity contribution in [2.24, 2.45) is 0 Å². The van der Waals surface area contributed by atoms with Gasteiger partial charge in [0.2, 0.25) is 5.91 Å². The predicted molar refractivity (Wildman–Crippen MR) is 79.3 cm³/mol. The van der Waals surface area contributed by atoms with E-state index in [0.29, 0.717) is 0 Å². The van der Waals surface area contributed by atoms with Gasteiger partial charge < -0.3 is 10.4 Å². The van der Waals surface area contributed by atoms with E-state index in [0.717, 1.165) is 11.1 Å². The molecule has 2 N–H and O–H groups in total. The summed E-state index contributed by atoms with van der Waals surface area (Å²) in [4.78, 5) is 11.7. The van der Waals surface area contributed by atoms with Crippen LogP contribution in [0.25, 0.3) is 0 Å². The summed E-state index contributed by atoms with van der Waals surface area (Å²) < 4.78 is 0. The lowest BCUT2D eigenvalue weighted by Gasteiger charge is -2.23. The molecular weight excluding hydrogens is 250 g/mol. The lowest BCUT2D eigenvalue weighted by molar-refractivity contribution is -0.121. The zero-order valence-corrected chi connectivity index (χ0v) is 11.5. The van der Waals surface area contributed by atoms with E-state index in [1.807, 2.05) is 60.7 Å². The van der Waals surface area contributed by atoms with Crippen LogP contribution in [0, 0.1) is 0 Å². The van der Waals surface area contributed by atoms with E-state index in [-0.39, 0.29) is 18.2 Å².